The highest BCUT2D eigenvalue weighted by Crippen LogP contribution is 2.29. The molecule has 37 heavy (non-hydrogen) atoms. The zero-order valence-corrected chi connectivity index (χ0v) is 21.6. The third-order valence-corrected chi connectivity index (χ3v) is 8.41. The molecule has 1 N–H and O–H groups in total. The molecule has 1 fully saturated rings. The fraction of sp³-hybridized carbons (Fsp3) is 0.379. The fourth-order valence-electron chi connectivity index (χ4n) is 4.79. The second-order valence-electron chi connectivity index (χ2n) is 9.55. The smallest absolute Gasteiger partial charge is 0.123 e. The number of rotatable bonds is 10. The highest BCUT2D eigenvalue weighted by atomic mass is 32.2. The molecule has 1 heterocycles. The molecule has 1 saturated heterocycles. The van der Waals surface area contributed by atoms with Gasteiger partial charge in [-0.2, -0.15) is 0 Å². The number of β-amino-alcohol motifs (C(OH)–C–C–N with tert-alkyl or cyclic N) is 1. The Kier molecular flexibility index (Phi) is 9.91. The third kappa shape index (κ3) is 8.23. The number of aliphatic hydroxyl groups is 1. The normalized spacial score (nSPS) is 17.0. The maximum Gasteiger partial charge on any atom is 0.123 e. The van der Waals surface area contributed by atoms with Crippen molar-refractivity contribution in [2.24, 2.45) is 0 Å². The van der Waals surface area contributed by atoms with Crippen molar-refractivity contribution >= 4 is 10.8 Å². The van der Waals surface area contributed by atoms with E-state index in [4.69, 9.17) is 0 Å². The summed E-state index contributed by atoms with van der Waals surface area (Å²) in [6, 6.07) is 18.2. The molecule has 1 aliphatic rings. The van der Waals surface area contributed by atoms with Crippen molar-refractivity contribution in [1.82, 2.24) is 9.80 Å². The monoisotopic (exact) mass is 530 g/mol. The molecule has 0 radical (unpaired) electrons. The summed E-state index contributed by atoms with van der Waals surface area (Å²) >= 11 is 0. The zero-order chi connectivity index (χ0) is 26.2. The van der Waals surface area contributed by atoms with E-state index < -0.39 is 22.2 Å². The van der Waals surface area contributed by atoms with E-state index in [1.54, 1.807) is 36.4 Å². The first-order valence-corrected chi connectivity index (χ1v) is 14.0. The van der Waals surface area contributed by atoms with Crippen molar-refractivity contribution in [2.45, 2.75) is 24.2 Å². The summed E-state index contributed by atoms with van der Waals surface area (Å²) in [7, 11) is -1.29. The van der Waals surface area contributed by atoms with Crippen molar-refractivity contribution < 1.29 is 22.5 Å². The van der Waals surface area contributed by atoms with E-state index in [0.717, 1.165) is 49.3 Å². The molecule has 4 rings (SSSR count). The molecular weight excluding hydrogens is 497 g/mol. The summed E-state index contributed by atoms with van der Waals surface area (Å²) in [4.78, 5) is 4.53. The molecule has 3 aromatic rings. The minimum absolute atomic E-state index is 0.284. The topological polar surface area (TPSA) is 43.8 Å². The lowest BCUT2D eigenvalue weighted by atomic mass is 10.0. The zero-order valence-electron chi connectivity index (χ0n) is 20.7. The van der Waals surface area contributed by atoms with E-state index in [1.807, 2.05) is 0 Å². The molecule has 4 nitrogen and oxygen atoms in total. The van der Waals surface area contributed by atoms with Crippen molar-refractivity contribution in [1.29, 1.82) is 0 Å². The second-order valence-corrected chi connectivity index (χ2v) is 11.2. The van der Waals surface area contributed by atoms with Gasteiger partial charge in [-0.15, -0.1) is 0 Å². The van der Waals surface area contributed by atoms with Crippen molar-refractivity contribution in [3.8, 4) is 0 Å². The highest BCUT2D eigenvalue weighted by molar-refractivity contribution is 7.85. The van der Waals surface area contributed by atoms with Gasteiger partial charge < -0.3 is 10.0 Å². The first-order valence-electron chi connectivity index (χ1n) is 12.6. The van der Waals surface area contributed by atoms with Crippen LogP contribution in [-0.4, -0.2) is 70.2 Å². The van der Waals surface area contributed by atoms with E-state index >= 15 is 0 Å². The Morgan fingerprint density at radius 2 is 1.22 bits per heavy atom. The van der Waals surface area contributed by atoms with Gasteiger partial charge in [0.15, 0.2) is 0 Å². The van der Waals surface area contributed by atoms with Crippen molar-refractivity contribution in [3.63, 3.8) is 0 Å². The molecular formula is C29H33F3N2O2S. The van der Waals surface area contributed by atoms with Gasteiger partial charge in [0.1, 0.15) is 17.5 Å². The number of aliphatic hydroxyl groups excluding tert-OH is 1. The molecule has 0 spiro atoms. The van der Waals surface area contributed by atoms with Crippen LogP contribution < -0.4 is 0 Å². The minimum Gasteiger partial charge on any atom is -0.391 e. The summed E-state index contributed by atoms with van der Waals surface area (Å²) in [5.74, 6) is -0.561. The van der Waals surface area contributed by atoms with Crippen LogP contribution in [0.15, 0.2) is 72.8 Å². The number of hydrogen-bond donors (Lipinski definition) is 1. The lowest BCUT2D eigenvalue weighted by molar-refractivity contribution is 0.114. The van der Waals surface area contributed by atoms with Crippen LogP contribution in [0.25, 0.3) is 0 Å². The standard InChI is InChI=1S/C29H33F3N2O2S/c30-25-8-2-22(3-9-25)20-28(35)21-34-15-1-14-33(16-17-34)18-19-37(36)29(23-4-10-26(31)11-5-23)24-6-12-27(32)13-7-24/h2-13,28-29,35H,1,14-21H2. The number of halogens is 3. The van der Waals surface area contributed by atoms with Crippen molar-refractivity contribution in [3.05, 3.63) is 107 Å². The Morgan fingerprint density at radius 3 is 1.78 bits per heavy atom. The first-order chi connectivity index (χ1) is 17.9. The molecule has 0 bridgehead atoms. The minimum atomic E-state index is -1.29. The van der Waals surface area contributed by atoms with Gasteiger partial charge in [0.2, 0.25) is 0 Å². The number of hydrogen-bond acceptors (Lipinski definition) is 4. The Morgan fingerprint density at radius 1 is 0.730 bits per heavy atom. The molecule has 3 aromatic carbocycles. The van der Waals surface area contributed by atoms with Gasteiger partial charge in [0.25, 0.3) is 0 Å². The fourth-order valence-corrected chi connectivity index (χ4v) is 6.39. The molecule has 2 unspecified atom stereocenters. The molecule has 0 aromatic heterocycles. The molecule has 1 aliphatic heterocycles. The van der Waals surface area contributed by atoms with Crippen LogP contribution in [0.1, 0.15) is 28.4 Å². The SMILES string of the molecule is O=S(CCN1CCCN(CC(O)Cc2ccc(F)cc2)CC1)C(c1ccc(F)cc1)c1ccc(F)cc1. The van der Waals surface area contributed by atoms with E-state index in [1.165, 1.54) is 36.4 Å². The lowest BCUT2D eigenvalue weighted by Crippen LogP contribution is -2.37. The van der Waals surface area contributed by atoms with Crippen molar-refractivity contribution in [2.75, 3.05) is 45.0 Å². The van der Waals surface area contributed by atoms with Crippen LogP contribution in [0, 0.1) is 17.5 Å². The Balaban J connectivity index is 1.31. The second kappa shape index (κ2) is 13.3. The quantitative estimate of drug-likeness (QED) is 0.418. The molecule has 198 valence electrons. The molecule has 0 aliphatic carbocycles. The van der Waals surface area contributed by atoms with Gasteiger partial charge in [0, 0.05) is 42.7 Å². The van der Waals surface area contributed by atoms with Crippen LogP contribution in [-0.2, 0) is 17.2 Å². The van der Waals surface area contributed by atoms with Crippen LogP contribution in [0.5, 0.6) is 0 Å². The summed E-state index contributed by atoms with van der Waals surface area (Å²) in [6.45, 7) is 4.55. The summed E-state index contributed by atoms with van der Waals surface area (Å²) in [5, 5.41) is 10.1. The first kappa shape index (κ1) is 27.5. The summed E-state index contributed by atoms with van der Waals surface area (Å²) < 4.78 is 53.6. The van der Waals surface area contributed by atoms with Gasteiger partial charge in [-0.25, -0.2) is 13.2 Å². The average molecular weight is 531 g/mol. The summed E-state index contributed by atoms with van der Waals surface area (Å²) in [5.41, 5.74) is 2.39. The van der Waals surface area contributed by atoms with E-state index in [-0.39, 0.29) is 17.5 Å². The van der Waals surface area contributed by atoms with E-state index in [2.05, 4.69) is 9.80 Å². The predicted octanol–water partition coefficient (Wildman–Crippen LogP) is 4.55. The van der Waals surface area contributed by atoms with Gasteiger partial charge in [-0.05, 0) is 79.0 Å². The maximum atomic E-state index is 13.5. The predicted molar refractivity (Wildman–Crippen MR) is 141 cm³/mol. The third-order valence-electron chi connectivity index (χ3n) is 6.75. The Labute approximate surface area is 219 Å². The van der Waals surface area contributed by atoms with E-state index in [9.17, 15) is 22.5 Å². The largest absolute Gasteiger partial charge is 0.391 e. The maximum absolute atomic E-state index is 13.5. The van der Waals surface area contributed by atoms with Gasteiger partial charge in [-0.3, -0.25) is 9.11 Å². The Bertz CT molecular complexity index is 1100. The summed E-state index contributed by atoms with van der Waals surface area (Å²) in [6.07, 6.45) is 0.889. The molecule has 0 amide bonds. The number of nitrogens with zero attached hydrogens (tertiary/aromatic N) is 2. The lowest BCUT2D eigenvalue weighted by Gasteiger charge is -2.24. The molecule has 0 saturated carbocycles. The average Bonchev–Trinajstić information content (AvgIpc) is 3.11. The van der Waals surface area contributed by atoms with Gasteiger partial charge in [0.05, 0.1) is 11.4 Å². The van der Waals surface area contributed by atoms with Crippen LogP contribution in [0.3, 0.4) is 0 Å². The molecule has 2 atom stereocenters. The Hall–Kier alpha value is -2.52. The van der Waals surface area contributed by atoms with Gasteiger partial charge >= 0.3 is 0 Å². The van der Waals surface area contributed by atoms with Crippen LogP contribution >= 0.6 is 0 Å². The number of benzene rings is 3. The van der Waals surface area contributed by atoms with Crippen LogP contribution in [0.4, 0.5) is 13.2 Å². The van der Waals surface area contributed by atoms with Gasteiger partial charge in [-0.1, -0.05) is 36.4 Å². The molecule has 8 heteroatoms. The highest BCUT2D eigenvalue weighted by Gasteiger charge is 2.23. The van der Waals surface area contributed by atoms with E-state index in [0.29, 0.717) is 25.3 Å². The van der Waals surface area contributed by atoms with Crippen LogP contribution in [0.2, 0.25) is 0 Å².